The molecule has 0 bridgehead atoms. The Kier molecular flexibility index (Phi) is 5.63. The van der Waals surface area contributed by atoms with Gasteiger partial charge >= 0.3 is 5.91 Å². The first kappa shape index (κ1) is 23.0. The van der Waals surface area contributed by atoms with Crippen LogP contribution in [0, 0.1) is 11.6 Å². The predicted molar refractivity (Wildman–Crippen MR) is 127 cm³/mol. The Morgan fingerprint density at radius 1 is 0.972 bits per heavy atom. The molecule has 1 saturated heterocycles. The van der Waals surface area contributed by atoms with Crippen LogP contribution in [0.25, 0.3) is 16.8 Å². The SMILES string of the molecule is COc1ccc(/C(O)=C2\C(=O)C(=O)N(c3nc4cc(F)c(F)cc4[nH]3)C2c2cccc(OC)c2)cc1. The lowest BCUT2D eigenvalue weighted by atomic mass is 9.95. The Bertz CT molecular complexity index is 1510. The van der Waals surface area contributed by atoms with E-state index in [1.165, 1.54) is 14.2 Å². The molecule has 0 saturated carbocycles. The minimum absolute atomic E-state index is 0.0605. The van der Waals surface area contributed by atoms with Gasteiger partial charge in [-0.1, -0.05) is 12.1 Å². The summed E-state index contributed by atoms with van der Waals surface area (Å²) < 4.78 is 38.0. The van der Waals surface area contributed by atoms with Crippen molar-refractivity contribution >= 4 is 34.4 Å². The molecule has 1 atom stereocenters. The summed E-state index contributed by atoms with van der Waals surface area (Å²) in [6.45, 7) is 0. The molecule has 0 spiro atoms. The summed E-state index contributed by atoms with van der Waals surface area (Å²) in [5.74, 6) is -3.64. The minimum Gasteiger partial charge on any atom is -0.507 e. The molecule has 1 unspecified atom stereocenters. The lowest BCUT2D eigenvalue weighted by molar-refractivity contribution is -0.132. The summed E-state index contributed by atoms with van der Waals surface area (Å²) in [4.78, 5) is 34.6. The zero-order chi connectivity index (χ0) is 25.6. The van der Waals surface area contributed by atoms with Gasteiger partial charge in [-0.3, -0.25) is 14.5 Å². The van der Waals surface area contributed by atoms with Crippen LogP contribution in [-0.4, -0.2) is 41.0 Å². The van der Waals surface area contributed by atoms with Gasteiger partial charge < -0.3 is 19.6 Å². The first-order valence-electron chi connectivity index (χ1n) is 10.8. The van der Waals surface area contributed by atoms with Crippen LogP contribution in [0.4, 0.5) is 14.7 Å². The molecule has 1 fully saturated rings. The number of hydrogen-bond donors (Lipinski definition) is 2. The smallest absolute Gasteiger partial charge is 0.302 e. The molecule has 1 aromatic heterocycles. The van der Waals surface area contributed by atoms with Crippen molar-refractivity contribution in [2.24, 2.45) is 0 Å². The highest BCUT2D eigenvalue weighted by Crippen LogP contribution is 2.42. The maximum atomic E-state index is 13.8. The van der Waals surface area contributed by atoms with Crippen molar-refractivity contribution in [1.29, 1.82) is 0 Å². The maximum Gasteiger partial charge on any atom is 0.302 e. The second-order valence-electron chi connectivity index (χ2n) is 8.02. The molecular weight excluding hydrogens is 472 g/mol. The summed E-state index contributed by atoms with van der Waals surface area (Å²) in [6, 6.07) is 13.6. The van der Waals surface area contributed by atoms with Gasteiger partial charge in [0.1, 0.15) is 17.3 Å². The van der Waals surface area contributed by atoms with Gasteiger partial charge in [0.05, 0.1) is 36.9 Å². The average molecular weight is 491 g/mol. The van der Waals surface area contributed by atoms with E-state index in [2.05, 4.69) is 9.97 Å². The zero-order valence-electron chi connectivity index (χ0n) is 19.1. The Hall–Kier alpha value is -4.73. The van der Waals surface area contributed by atoms with Crippen LogP contribution in [0.2, 0.25) is 0 Å². The van der Waals surface area contributed by atoms with Gasteiger partial charge in [-0.2, -0.15) is 0 Å². The topological polar surface area (TPSA) is 105 Å². The molecule has 2 heterocycles. The number of aliphatic hydroxyl groups is 1. The molecule has 4 aromatic rings. The van der Waals surface area contributed by atoms with Crippen molar-refractivity contribution in [2.45, 2.75) is 6.04 Å². The summed E-state index contributed by atoms with van der Waals surface area (Å²) in [5, 5.41) is 11.2. The van der Waals surface area contributed by atoms with Crippen molar-refractivity contribution in [1.82, 2.24) is 9.97 Å². The van der Waals surface area contributed by atoms with Crippen molar-refractivity contribution in [3.63, 3.8) is 0 Å². The van der Waals surface area contributed by atoms with Gasteiger partial charge in [-0.15, -0.1) is 0 Å². The maximum absolute atomic E-state index is 13.8. The second kappa shape index (κ2) is 8.81. The molecular formula is C26H19F2N3O5. The molecule has 0 radical (unpaired) electrons. The molecule has 1 aliphatic rings. The number of benzene rings is 3. The van der Waals surface area contributed by atoms with Crippen molar-refractivity contribution in [3.05, 3.63) is 89.0 Å². The number of halogens is 2. The number of aliphatic hydroxyl groups excluding tert-OH is 1. The Balaban J connectivity index is 1.72. The lowest BCUT2D eigenvalue weighted by Crippen LogP contribution is -2.30. The van der Waals surface area contributed by atoms with Crippen LogP contribution >= 0.6 is 0 Å². The number of anilines is 1. The number of aromatic amines is 1. The fourth-order valence-corrected chi connectivity index (χ4v) is 4.19. The van der Waals surface area contributed by atoms with Crippen LogP contribution in [0.15, 0.2) is 66.2 Å². The van der Waals surface area contributed by atoms with Crippen LogP contribution in [-0.2, 0) is 9.59 Å². The van der Waals surface area contributed by atoms with E-state index in [9.17, 15) is 23.5 Å². The van der Waals surface area contributed by atoms with Crippen molar-refractivity contribution < 1.29 is 33.0 Å². The summed E-state index contributed by atoms with van der Waals surface area (Å²) in [7, 11) is 2.96. The number of H-pyrrole nitrogens is 1. The molecule has 0 aliphatic carbocycles. The highest BCUT2D eigenvalue weighted by atomic mass is 19.2. The van der Waals surface area contributed by atoms with Gasteiger partial charge in [0.2, 0.25) is 5.95 Å². The Morgan fingerprint density at radius 3 is 2.36 bits per heavy atom. The van der Waals surface area contributed by atoms with E-state index in [0.717, 1.165) is 17.0 Å². The monoisotopic (exact) mass is 491 g/mol. The zero-order valence-corrected chi connectivity index (χ0v) is 19.1. The number of amides is 1. The normalized spacial score (nSPS) is 17.1. The number of imidazole rings is 1. The third-order valence-electron chi connectivity index (χ3n) is 5.96. The third-order valence-corrected chi connectivity index (χ3v) is 5.96. The number of aromatic nitrogens is 2. The second-order valence-corrected chi connectivity index (χ2v) is 8.02. The van der Waals surface area contributed by atoms with Crippen molar-refractivity contribution in [3.8, 4) is 11.5 Å². The fraction of sp³-hybridized carbons (Fsp3) is 0.115. The van der Waals surface area contributed by atoms with Crippen LogP contribution in [0.3, 0.4) is 0 Å². The summed E-state index contributed by atoms with van der Waals surface area (Å²) in [6.07, 6.45) is 0. The quantitative estimate of drug-likeness (QED) is 0.242. The van der Waals surface area contributed by atoms with Gasteiger partial charge in [0, 0.05) is 17.7 Å². The summed E-state index contributed by atoms with van der Waals surface area (Å²) >= 11 is 0. The van der Waals surface area contributed by atoms with E-state index < -0.39 is 35.1 Å². The fourth-order valence-electron chi connectivity index (χ4n) is 4.19. The van der Waals surface area contributed by atoms with E-state index in [1.54, 1.807) is 48.5 Å². The molecule has 1 aliphatic heterocycles. The molecule has 3 aromatic carbocycles. The lowest BCUT2D eigenvalue weighted by Gasteiger charge is -2.23. The number of carbonyl (C=O) groups is 2. The summed E-state index contributed by atoms with van der Waals surface area (Å²) in [5.41, 5.74) is 0.740. The number of Topliss-reactive ketones (excluding diaryl/α,β-unsaturated/α-hetero) is 1. The van der Waals surface area contributed by atoms with Gasteiger partial charge in [-0.05, 0) is 42.0 Å². The Labute approximate surface area is 203 Å². The minimum atomic E-state index is -1.11. The number of nitrogens with one attached hydrogen (secondary N) is 1. The highest BCUT2D eigenvalue weighted by Gasteiger charge is 2.48. The molecule has 5 rings (SSSR count). The largest absolute Gasteiger partial charge is 0.507 e. The number of ether oxygens (including phenoxy) is 2. The Morgan fingerprint density at radius 2 is 1.67 bits per heavy atom. The number of methoxy groups -OCH3 is 2. The number of rotatable bonds is 5. The number of hydrogen-bond acceptors (Lipinski definition) is 6. The van der Waals surface area contributed by atoms with Gasteiger partial charge in [0.15, 0.2) is 11.6 Å². The molecule has 36 heavy (non-hydrogen) atoms. The third kappa shape index (κ3) is 3.72. The molecule has 182 valence electrons. The average Bonchev–Trinajstić information content (AvgIpc) is 3.41. The molecule has 10 heteroatoms. The molecule has 1 amide bonds. The van der Waals surface area contributed by atoms with E-state index >= 15 is 0 Å². The molecule has 8 nitrogen and oxygen atoms in total. The van der Waals surface area contributed by atoms with E-state index in [0.29, 0.717) is 17.1 Å². The standard InChI is InChI=1S/C26H19F2N3O5/c1-35-15-8-6-13(7-9-15)23(32)21-22(14-4-3-5-16(10-14)36-2)31(25(34)24(21)33)26-29-19-11-17(27)18(28)12-20(19)30-26/h3-12,22,32H,1-2H3,(H,29,30)/b23-21+. The van der Waals surface area contributed by atoms with E-state index in [4.69, 9.17) is 9.47 Å². The highest BCUT2D eigenvalue weighted by molar-refractivity contribution is 6.51. The number of carbonyl (C=O) groups excluding carboxylic acids is 2. The van der Waals surface area contributed by atoms with E-state index in [1.807, 2.05) is 0 Å². The number of ketones is 1. The first-order valence-corrected chi connectivity index (χ1v) is 10.8. The number of nitrogens with zero attached hydrogens (tertiary/aromatic N) is 2. The van der Waals surface area contributed by atoms with Crippen LogP contribution < -0.4 is 14.4 Å². The predicted octanol–water partition coefficient (Wildman–Crippen LogP) is 4.48. The van der Waals surface area contributed by atoms with E-state index in [-0.39, 0.29) is 28.1 Å². The van der Waals surface area contributed by atoms with Crippen LogP contribution in [0.1, 0.15) is 17.2 Å². The first-order chi connectivity index (χ1) is 17.3. The van der Waals surface area contributed by atoms with Crippen molar-refractivity contribution in [2.75, 3.05) is 19.1 Å². The van der Waals surface area contributed by atoms with Crippen LogP contribution in [0.5, 0.6) is 11.5 Å². The number of fused-ring (bicyclic) bond motifs is 1. The van der Waals surface area contributed by atoms with Gasteiger partial charge in [-0.25, -0.2) is 13.8 Å². The molecule has 2 N–H and O–H groups in total. The van der Waals surface area contributed by atoms with Gasteiger partial charge in [0.25, 0.3) is 5.78 Å².